The zero-order valence-corrected chi connectivity index (χ0v) is 12.1. The molecule has 19 heavy (non-hydrogen) atoms. The number of hydrogen-bond donors (Lipinski definition) is 2. The molecule has 6 heteroatoms. The molecule has 0 spiro atoms. The molecule has 0 aliphatic rings. The van der Waals surface area contributed by atoms with Crippen molar-refractivity contribution in [1.82, 2.24) is 9.97 Å². The Balaban J connectivity index is 2.34. The number of pyridine rings is 1. The predicted molar refractivity (Wildman–Crippen MR) is 78.9 cm³/mol. The number of aromatic nitrogens is 2. The second-order valence-electron chi connectivity index (χ2n) is 4.46. The third kappa shape index (κ3) is 2.73. The zero-order chi connectivity index (χ0) is 14.0. The Bertz CT molecular complexity index is 605. The van der Waals surface area contributed by atoms with E-state index in [4.69, 9.17) is 11.1 Å². The minimum Gasteiger partial charge on any atom is -0.384 e. The Labute approximate surface area is 116 Å². The molecule has 0 amide bonds. The van der Waals surface area contributed by atoms with E-state index >= 15 is 0 Å². The lowest BCUT2D eigenvalue weighted by Gasteiger charge is -2.21. The van der Waals surface area contributed by atoms with E-state index in [-0.39, 0.29) is 5.84 Å². The van der Waals surface area contributed by atoms with Gasteiger partial charge in [0.15, 0.2) is 0 Å². The van der Waals surface area contributed by atoms with Crippen molar-refractivity contribution in [1.29, 1.82) is 5.41 Å². The van der Waals surface area contributed by atoms with Crippen molar-refractivity contribution in [2.45, 2.75) is 20.4 Å². The maximum atomic E-state index is 7.70. The van der Waals surface area contributed by atoms with Gasteiger partial charge in [0, 0.05) is 18.1 Å². The number of hydrogen-bond acceptors (Lipinski definition) is 5. The Morgan fingerprint density at radius 1 is 1.42 bits per heavy atom. The molecule has 0 unspecified atom stereocenters. The van der Waals surface area contributed by atoms with Crippen LogP contribution >= 0.6 is 11.3 Å². The van der Waals surface area contributed by atoms with Crippen LogP contribution in [-0.2, 0) is 6.54 Å². The minimum absolute atomic E-state index is 0.0495. The molecule has 0 aliphatic heterocycles. The average Bonchev–Trinajstić information content (AvgIpc) is 2.74. The van der Waals surface area contributed by atoms with Crippen LogP contribution in [0.3, 0.4) is 0 Å². The van der Waals surface area contributed by atoms with E-state index in [0.717, 1.165) is 17.1 Å². The van der Waals surface area contributed by atoms with E-state index in [0.29, 0.717) is 12.1 Å². The molecular formula is C13H17N5S. The average molecular weight is 275 g/mol. The second-order valence-corrected chi connectivity index (χ2v) is 5.40. The lowest BCUT2D eigenvalue weighted by Crippen LogP contribution is -2.24. The molecule has 2 aromatic heterocycles. The van der Waals surface area contributed by atoms with Crippen molar-refractivity contribution in [3.63, 3.8) is 0 Å². The summed E-state index contributed by atoms with van der Waals surface area (Å²) in [6.07, 6.45) is 1.74. The van der Waals surface area contributed by atoms with Crippen LogP contribution in [0.2, 0.25) is 0 Å². The third-order valence-electron chi connectivity index (χ3n) is 3.00. The van der Waals surface area contributed by atoms with E-state index < -0.39 is 0 Å². The van der Waals surface area contributed by atoms with Crippen LogP contribution in [0.5, 0.6) is 0 Å². The minimum atomic E-state index is 0.0495. The van der Waals surface area contributed by atoms with Gasteiger partial charge in [0.25, 0.3) is 0 Å². The highest BCUT2D eigenvalue weighted by Gasteiger charge is 2.15. The molecule has 0 fully saturated rings. The molecule has 0 radical (unpaired) electrons. The van der Waals surface area contributed by atoms with Gasteiger partial charge in [0.2, 0.25) is 0 Å². The number of nitrogens with two attached hydrogens (primary N) is 1. The lowest BCUT2D eigenvalue weighted by molar-refractivity contribution is 0.897. The highest BCUT2D eigenvalue weighted by atomic mass is 32.1. The molecule has 0 atom stereocenters. The van der Waals surface area contributed by atoms with E-state index in [1.807, 2.05) is 37.4 Å². The molecule has 100 valence electrons. The number of nitrogens with zero attached hydrogens (tertiary/aromatic N) is 3. The molecule has 3 N–H and O–H groups in total. The number of amidine groups is 1. The number of anilines is 1. The van der Waals surface area contributed by atoms with Gasteiger partial charge in [-0.2, -0.15) is 0 Å². The highest BCUT2D eigenvalue weighted by Crippen LogP contribution is 2.23. The van der Waals surface area contributed by atoms with Crippen LogP contribution in [0.4, 0.5) is 5.82 Å². The fourth-order valence-corrected chi connectivity index (χ4v) is 2.76. The van der Waals surface area contributed by atoms with Crippen molar-refractivity contribution in [2.75, 3.05) is 11.9 Å². The Kier molecular flexibility index (Phi) is 3.80. The van der Waals surface area contributed by atoms with Crippen LogP contribution < -0.4 is 10.6 Å². The molecule has 2 heterocycles. The Morgan fingerprint density at radius 3 is 2.74 bits per heavy atom. The summed E-state index contributed by atoms with van der Waals surface area (Å²) < 4.78 is 0. The van der Waals surface area contributed by atoms with E-state index in [1.165, 1.54) is 4.88 Å². The first-order valence-corrected chi connectivity index (χ1v) is 6.78. The Morgan fingerprint density at radius 2 is 2.16 bits per heavy atom. The standard InChI is InChI=1S/C13H17N5S/c1-8-4-5-16-13(11(8)12(14)15)18(3)6-10-9(2)17-7-19-10/h4-5,7H,6H2,1-3H3,(H3,14,15). The van der Waals surface area contributed by atoms with E-state index in [1.54, 1.807) is 17.5 Å². The van der Waals surface area contributed by atoms with Gasteiger partial charge in [-0.1, -0.05) is 0 Å². The van der Waals surface area contributed by atoms with Crippen molar-refractivity contribution in [3.05, 3.63) is 39.5 Å². The van der Waals surface area contributed by atoms with Gasteiger partial charge in [-0.3, -0.25) is 5.41 Å². The molecule has 2 rings (SSSR count). The normalized spacial score (nSPS) is 10.5. The lowest BCUT2D eigenvalue weighted by atomic mass is 10.1. The topological polar surface area (TPSA) is 78.9 Å². The van der Waals surface area contributed by atoms with Gasteiger partial charge in [-0.25, -0.2) is 9.97 Å². The van der Waals surface area contributed by atoms with E-state index in [9.17, 15) is 0 Å². The quantitative estimate of drug-likeness (QED) is 0.661. The van der Waals surface area contributed by atoms with Crippen LogP contribution in [0.1, 0.15) is 21.7 Å². The molecule has 0 saturated carbocycles. The molecule has 5 nitrogen and oxygen atoms in total. The number of aryl methyl sites for hydroxylation is 2. The number of rotatable bonds is 4. The van der Waals surface area contributed by atoms with Gasteiger partial charge in [0.1, 0.15) is 11.7 Å². The molecule has 0 aromatic carbocycles. The smallest absolute Gasteiger partial charge is 0.139 e. The van der Waals surface area contributed by atoms with Crippen LogP contribution in [-0.4, -0.2) is 22.9 Å². The van der Waals surface area contributed by atoms with Crippen molar-refractivity contribution in [3.8, 4) is 0 Å². The summed E-state index contributed by atoms with van der Waals surface area (Å²) >= 11 is 1.63. The SMILES string of the molecule is Cc1ccnc(N(C)Cc2scnc2C)c1C(=N)N. The van der Waals surface area contributed by atoms with Crippen LogP contribution in [0, 0.1) is 19.3 Å². The summed E-state index contributed by atoms with van der Waals surface area (Å²) in [5.74, 6) is 0.786. The molecule has 0 aliphatic carbocycles. The maximum absolute atomic E-state index is 7.70. The second kappa shape index (κ2) is 5.36. The summed E-state index contributed by atoms with van der Waals surface area (Å²) in [6, 6.07) is 1.87. The van der Waals surface area contributed by atoms with Gasteiger partial charge in [0.05, 0.1) is 23.3 Å². The summed E-state index contributed by atoms with van der Waals surface area (Å²) in [5.41, 5.74) is 10.2. The van der Waals surface area contributed by atoms with Gasteiger partial charge >= 0.3 is 0 Å². The first kappa shape index (κ1) is 13.5. The first-order valence-electron chi connectivity index (χ1n) is 5.90. The number of thiazole rings is 1. The monoisotopic (exact) mass is 275 g/mol. The number of nitrogen functional groups attached to an aromatic ring is 1. The van der Waals surface area contributed by atoms with E-state index in [2.05, 4.69) is 9.97 Å². The molecular weight excluding hydrogens is 258 g/mol. The van der Waals surface area contributed by atoms with Gasteiger partial charge in [-0.15, -0.1) is 11.3 Å². The Hall–Kier alpha value is -1.95. The fraction of sp³-hybridized carbons (Fsp3) is 0.308. The summed E-state index contributed by atoms with van der Waals surface area (Å²) in [4.78, 5) is 11.8. The van der Waals surface area contributed by atoms with Gasteiger partial charge < -0.3 is 10.6 Å². The number of nitrogens with one attached hydrogen (secondary N) is 1. The van der Waals surface area contributed by atoms with Gasteiger partial charge in [-0.05, 0) is 25.5 Å². The summed E-state index contributed by atoms with van der Waals surface area (Å²) in [7, 11) is 1.95. The maximum Gasteiger partial charge on any atom is 0.139 e. The predicted octanol–water partition coefficient (Wildman–Crippen LogP) is 2.08. The summed E-state index contributed by atoms with van der Waals surface area (Å²) in [6.45, 7) is 4.65. The largest absolute Gasteiger partial charge is 0.384 e. The molecule has 0 bridgehead atoms. The first-order chi connectivity index (χ1) is 9.00. The summed E-state index contributed by atoms with van der Waals surface area (Å²) in [5, 5.41) is 7.70. The van der Waals surface area contributed by atoms with Crippen LogP contribution in [0.15, 0.2) is 17.8 Å². The van der Waals surface area contributed by atoms with Crippen LogP contribution in [0.25, 0.3) is 0 Å². The fourth-order valence-electron chi connectivity index (χ4n) is 1.93. The van der Waals surface area contributed by atoms with Crippen molar-refractivity contribution < 1.29 is 0 Å². The zero-order valence-electron chi connectivity index (χ0n) is 11.3. The molecule has 0 saturated heterocycles. The van der Waals surface area contributed by atoms with Crippen molar-refractivity contribution in [2.24, 2.45) is 5.73 Å². The molecule has 2 aromatic rings. The highest BCUT2D eigenvalue weighted by molar-refractivity contribution is 7.09. The van der Waals surface area contributed by atoms with Crippen molar-refractivity contribution >= 4 is 23.0 Å². The third-order valence-corrected chi connectivity index (χ3v) is 3.92.